The van der Waals surface area contributed by atoms with Crippen LogP contribution in [-0.2, 0) is 21.4 Å². The Balaban J connectivity index is 2.01. The molecule has 1 aliphatic heterocycles. The standard InChI is InChI=1S/C19H13ClF2N2O5S2/c1-8-23-15-7-29-19(25)9-3-11(20)17(28-2)16(4-9)31(26,27)24-14-5-10(18(15)30-8)12(21)6-13(14)22/h3-6,24H,7H2,1-2H3. The SMILES string of the molecule is COc1c(Cl)cc2cc1S(=O)(=O)Nc1cc(c(F)cc1F)-c1sc(C)nc1COC2=O. The fourth-order valence-electron chi connectivity index (χ4n) is 3.08. The second kappa shape index (κ2) is 7.74. The second-order valence-corrected chi connectivity index (χ2v) is 9.75. The van der Waals surface area contributed by atoms with Gasteiger partial charge in [0.2, 0.25) is 0 Å². The van der Waals surface area contributed by atoms with Gasteiger partial charge in [-0.3, -0.25) is 4.72 Å². The van der Waals surface area contributed by atoms with Crippen molar-refractivity contribution in [1.29, 1.82) is 0 Å². The molecule has 2 aromatic carbocycles. The van der Waals surface area contributed by atoms with Gasteiger partial charge in [-0.05, 0) is 25.1 Å². The first-order chi connectivity index (χ1) is 14.6. The Morgan fingerprint density at radius 1 is 1.23 bits per heavy atom. The highest BCUT2D eigenvalue weighted by atomic mass is 35.5. The van der Waals surface area contributed by atoms with Crippen LogP contribution in [0.2, 0.25) is 5.02 Å². The number of carbonyl (C=O) groups excluding carboxylic acids is 1. The van der Waals surface area contributed by atoms with Crippen molar-refractivity contribution >= 4 is 44.6 Å². The lowest BCUT2D eigenvalue weighted by Gasteiger charge is -2.15. The van der Waals surface area contributed by atoms with Crippen LogP contribution >= 0.6 is 22.9 Å². The number of rotatable bonds is 1. The number of nitrogens with one attached hydrogen (secondary N) is 1. The van der Waals surface area contributed by atoms with Gasteiger partial charge in [-0.2, -0.15) is 0 Å². The topological polar surface area (TPSA) is 94.6 Å². The Morgan fingerprint density at radius 3 is 2.68 bits per heavy atom. The molecule has 162 valence electrons. The maximum atomic E-state index is 14.6. The van der Waals surface area contributed by atoms with E-state index in [1.165, 1.54) is 13.2 Å². The molecular weight excluding hydrogens is 474 g/mol. The molecule has 0 saturated heterocycles. The van der Waals surface area contributed by atoms with E-state index in [1.54, 1.807) is 6.92 Å². The number of carbonyl (C=O) groups is 1. The van der Waals surface area contributed by atoms with Gasteiger partial charge in [-0.1, -0.05) is 11.6 Å². The van der Waals surface area contributed by atoms with E-state index >= 15 is 0 Å². The summed E-state index contributed by atoms with van der Waals surface area (Å²) in [6.45, 7) is 1.35. The molecule has 3 aromatic rings. The van der Waals surface area contributed by atoms with Gasteiger partial charge in [0.15, 0.2) is 5.75 Å². The molecule has 0 unspecified atom stereocenters. The summed E-state index contributed by atoms with van der Waals surface area (Å²) in [6, 6.07) is 3.78. The third-order valence-electron chi connectivity index (χ3n) is 4.43. The molecule has 1 aliphatic rings. The molecule has 4 rings (SSSR count). The van der Waals surface area contributed by atoms with Crippen molar-refractivity contribution in [2.24, 2.45) is 0 Å². The average molecular weight is 487 g/mol. The molecule has 4 bridgehead atoms. The first-order valence-electron chi connectivity index (χ1n) is 8.64. The van der Waals surface area contributed by atoms with E-state index < -0.39 is 38.2 Å². The highest BCUT2D eigenvalue weighted by molar-refractivity contribution is 7.92. The molecule has 0 radical (unpaired) electrons. The molecule has 12 heteroatoms. The number of aryl methyl sites for hydroxylation is 1. The molecule has 0 aliphatic carbocycles. The molecule has 0 spiro atoms. The maximum absolute atomic E-state index is 14.6. The predicted octanol–water partition coefficient (Wildman–Crippen LogP) is 4.53. The van der Waals surface area contributed by atoms with Crippen molar-refractivity contribution in [2.45, 2.75) is 18.4 Å². The highest BCUT2D eigenvalue weighted by Crippen LogP contribution is 2.38. The van der Waals surface area contributed by atoms with Crippen LogP contribution in [0.1, 0.15) is 21.1 Å². The summed E-state index contributed by atoms with van der Waals surface area (Å²) in [5.74, 6) is -3.18. The van der Waals surface area contributed by atoms with Crippen molar-refractivity contribution < 1.29 is 31.5 Å². The number of halogens is 3. The average Bonchev–Trinajstić information content (AvgIpc) is 3.07. The summed E-state index contributed by atoms with van der Waals surface area (Å²) >= 11 is 7.20. The first kappa shape index (κ1) is 21.5. The number of thiazole rings is 1. The number of sulfonamides is 1. The summed E-state index contributed by atoms with van der Waals surface area (Å²) in [5.41, 5.74) is -0.512. The van der Waals surface area contributed by atoms with Gasteiger partial charge in [0.25, 0.3) is 10.0 Å². The monoisotopic (exact) mass is 486 g/mol. The van der Waals surface area contributed by atoms with Gasteiger partial charge in [0.1, 0.15) is 23.1 Å². The minimum Gasteiger partial charge on any atom is -0.494 e. The fraction of sp³-hybridized carbons (Fsp3) is 0.158. The van der Waals surface area contributed by atoms with Crippen molar-refractivity contribution in [1.82, 2.24) is 4.98 Å². The van der Waals surface area contributed by atoms with E-state index in [9.17, 15) is 22.0 Å². The Kier molecular flexibility index (Phi) is 5.36. The van der Waals surface area contributed by atoms with Crippen LogP contribution in [-0.4, -0.2) is 26.5 Å². The Hall–Kier alpha value is -2.76. The van der Waals surface area contributed by atoms with Gasteiger partial charge < -0.3 is 9.47 Å². The summed E-state index contributed by atoms with van der Waals surface area (Å²) in [5, 5.41) is 0.381. The van der Waals surface area contributed by atoms with Gasteiger partial charge in [-0.15, -0.1) is 11.3 Å². The number of ether oxygens (including phenoxy) is 2. The minimum atomic E-state index is -4.50. The molecule has 0 amide bonds. The molecule has 2 heterocycles. The summed E-state index contributed by atoms with van der Waals surface area (Å²) in [7, 11) is -3.31. The van der Waals surface area contributed by atoms with Gasteiger partial charge in [0.05, 0.1) is 39.0 Å². The lowest BCUT2D eigenvalue weighted by molar-refractivity contribution is 0.0468. The van der Waals surface area contributed by atoms with Crippen molar-refractivity contribution in [3.63, 3.8) is 0 Å². The second-order valence-electron chi connectivity index (χ2n) is 6.49. The Bertz CT molecular complexity index is 1340. The third-order valence-corrected chi connectivity index (χ3v) is 7.13. The van der Waals surface area contributed by atoms with E-state index in [1.807, 2.05) is 0 Å². The number of hydrogen-bond acceptors (Lipinski definition) is 7. The molecule has 1 aromatic heterocycles. The number of esters is 1. The van der Waals surface area contributed by atoms with Gasteiger partial charge >= 0.3 is 5.97 Å². The van der Waals surface area contributed by atoms with Gasteiger partial charge in [-0.25, -0.2) is 27.0 Å². The van der Waals surface area contributed by atoms with Crippen molar-refractivity contribution in [3.8, 4) is 16.2 Å². The van der Waals surface area contributed by atoms with E-state index in [-0.39, 0.29) is 39.1 Å². The summed E-state index contributed by atoms with van der Waals surface area (Å²) in [4.78, 5) is 16.6. The lowest BCUT2D eigenvalue weighted by atomic mass is 10.1. The minimum absolute atomic E-state index is 0.0910. The van der Waals surface area contributed by atoms with Crippen LogP contribution in [0.5, 0.6) is 5.75 Å². The van der Waals surface area contributed by atoms with E-state index in [0.29, 0.717) is 11.1 Å². The maximum Gasteiger partial charge on any atom is 0.338 e. The predicted molar refractivity (Wildman–Crippen MR) is 110 cm³/mol. The number of benzene rings is 2. The molecule has 0 atom stereocenters. The molecule has 0 saturated carbocycles. The number of fused-ring (bicyclic) bond motifs is 6. The smallest absolute Gasteiger partial charge is 0.338 e. The third kappa shape index (κ3) is 3.84. The first-order valence-corrected chi connectivity index (χ1v) is 11.3. The number of methoxy groups -OCH3 is 1. The zero-order chi connectivity index (χ0) is 22.5. The molecular formula is C19H13ClF2N2O5S2. The number of anilines is 1. The molecule has 0 fully saturated rings. The van der Waals surface area contributed by atoms with E-state index in [2.05, 4.69) is 9.71 Å². The number of aromatic nitrogens is 1. The van der Waals surface area contributed by atoms with Crippen LogP contribution < -0.4 is 9.46 Å². The van der Waals surface area contributed by atoms with E-state index in [0.717, 1.165) is 23.5 Å². The fourth-order valence-corrected chi connectivity index (χ4v) is 5.65. The zero-order valence-corrected chi connectivity index (χ0v) is 18.3. The van der Waals surface area contributed by atoms with Crippen LogP contribution in [0.25, 0.3) is 10.4 Å². The zero-order valence-electron chi connectivity index (χ0n) is 16.0. The quantitative estimate of drug-likeness (QED) is 0.508. The number of nitrogens with zero attached hydrogens (tertiary/aromatic N) is 1. The number of cyclic esters (lactones) is 1. The van der Waals surface area contributed by atoms with Crippen LogP contribution in [0.4, 0.5) is 14.5 Å². The van der Waals surface area contributed by atoms with Crippen molar-refractivity contribution in [3.05, 3.63) is 57.2 Å². The normalized spacial score (nSPS) is 14.9. The summed E-state index contributed by atoms with van der Waals surface area (Å²) < 4.78 is 67.5. The highest BCUT2D eigenvalue weighted by Gasteiger charge is 2.28. The molecule has 7 nitrogen and oxygen atoms in total. The Labute approximate surface area is 184 Å². The Morgan fingerprint density at radius 2 is 1.97 bits per heavy atom. The van der Waals surface area contributed by atoms with Crippen LogP contribution in [0, 0.1) is 18.6 Å². The van der Waals surface area contributed by atoms with E-state index in [4.69, 9.17) is 21.1 Å². The molecule has 1 N–H and O–H groups in total. The largest absolute Gasteiger partial charge is 0.494 e. The summed E-state index contributed by atoms with van der Waals surface area (Å²) in [6.07, 6.45) is 0. The van der Waals surface area contributed by atoms with Gasteiger partial charge in [0, 0.05) is 11.6 Å². The van der Waals surface area contributed by atoms with Crippen molar-refractivity contribution in [2.75, 3.05) is 11.8 Å². The number of hydrogen-bond donors (Lipinski definition) is 1. The lowest BCUT2D eigenvalue weighted by Crippen LogP contribution is -2.16. The molecule has 31 heavy (non-hydrogen) atoms. The van der Waals surface area contributed by atoms with Crippen LogP contribution in [0.3, 0.4) is 0 Å². The van der Waals surface area contributed by atoms with Crippen LogP contribution in [0.15, 0.2) is 29.2 Å².